The summed E-state index contributed by atoms with van der Waals surface area (Å²) in [6.45, 7) is 4.05. The van der Waals surface area contributed by atoms with Gasteiger partial charge in [0.15, 0.2) is 0 Å². The maximum atomic E-state index is 12.9. The molecule has 2 aromatic carbocycles. The zero-order valence-corrected chi connectivity index (χ0v) is 17.6. The van der Waals surface area contributed by atoms with Crippen molar-refractivity contribution in [3.63, 3.8) is 0 Å². The third-order valence-electron chi connectivity index (χ3n) is 5.49. The Morgan fingerprint density at radius 1 is 1.10 bits per heavy atom. The molecule has 3 rings (SSSR count). The molecule has 31 heavy (non-hydrogen) atoms. The second-order valence-corrected chi connectivity index (χ2v) is 7.66. The molecule has 0 aliphatic carbocycles. The summed E-state index contributed by atoms with van der Waals surface area (Å²) >= 11 is 0. The summed E-state index contributed by atoms with van der Waals surface area (Å²) in [5.41, 5.74) is 0.998. The van der Waals surface area contributed by atoms with Crippen LogP contribution in [0.2, 0.25) is 0 Å². The zero-order valence-electron chi connectivity index (χ0n) is 17.6. The molecular formula is C23H27F3N2O3. The lowest BCUT2D eigenvalue weighted by Crippen LogP contribution is -2.55. The second-order valence-electron chi connectivity index (χ2n) is 7.66. The summed E-state index contributed by atoms with van der Waals surface area (Å²) in [6, 6.07) is 14.5. The van der Waals surface area contributed by atoms with Crippen LogP contribution < -0.4 is 0 Å². The van der Waals surface area contributed by atoms with Crippen LogP contribution in [0.15, 0.2) is 54.6 Å². The number of alkyl halides is 3. The van der Waals surface area contributed by atoms with Gasteiger partial charge in [0.05, 0.1) is 18.2 Å². The topological polar surface area (TPSA) is 42.0 Å². The normalized spacial score (nSPS) is 18.6. The molecule has 1 saturated heterocycles. The van der Waals surface area contributed by atoms with Gasteiger partial charge in [-0.3, -0.25) is 4.90 Å². The maximum absolute atomic E-state index is 12.9. The number of nitrogens with zero attached hydrogens (tertiary/aromatic N) is 2. The number of hydrogen-bond donors (Lipinski definition) is 0. The Morgan fingerprint density at radius 3 is 2.35 bits per heavy atom. The average Bonchev–Trinajstić information content (AvgIpc) is 2.76. The van der Waals surface area contributed by atoms with Gasteiger partial charge >= 0.3 is 12.3 Å². The number of carbonyl (C=O) groups is 1. The van der Waals surface area contributed by atoms with Crippen molar-refractivity contribution in [3.8, 4) is 0 Å². The predicted octanol–water partition coefficient (Wildman–Crippen LogP) is 4.74. The molecule has 0 unspecified atom stereocenters. The van der Waals surface area contributed by atoms with Gasteiger partial charge in [0.2, 0.25) is 0 Å². The Hall–Kier alpha value is -2.58. The number of benzene rings is 2. The SMILES string of the molecule is COC[C@@H](c1ccc(C(F)(F)F)cc1)N1CCN(C(=O)OCc2ccccc2)C[C@@H]1C. The van der Waals surface area contributed by atoms with Crippen molar-refractivity contribution in [1.82, 2.24) is 9.80 Å². The lowest BCUT2D eigenvalue weighted by atomic mass is 10.0. The Balaban J connectivity index is 1.62. The van der Waals surface area contributed by atoms with Gasteiger partial charge in [0.1, 0.15) is 6.61 Å². The van der Waals surface area contributed by atoms with Gasteiger partial charge in [-0.25, -0.2) is 4.79 Å². The first-order valence-corrected chi connectivity index (χ1v) is 10.2. The van der Waals surface area contributed by atoms with Gasteiger partial charge in [-0.2, -0.15) is 13.2 Å². The molecule has 0 aromatic heterocycles. The van der Waals surface area contributed by atoms with Crippen LogP contribution in [0.4, 0.5) is 18.0 Å². The Labute approximate surface area is 180 Å². The molecule has 8 heteroatoms. The zero-order chi connectivity index (χ0) is 22.4. The van der Waals surface area contributed by atoms with E-state index in [9.17, 15) is 18.0 Å². The lowest BCUT2D eigenvalue weighted by Gasteiger charge is -2.43. The van der Waals surface area contributed by atoms with E-state index in [2.05, 4.69) is 4.90 Å². The molecule has 168 valence electrons. The number of halogens is 3. The molecule has 2 aromatic rings. The first kappa shape index (κ1) is 23.1. The Bertz CT molecular complexity index is 843. The van der Waals surface area contributed by atoms with Gasteiger partial charge in [-0.1, -0.05) is 42.5 Å². The van der Waals surface area contributed by atoms with E-state index in [1.807, 2.05) is 37.3 Å². The highest BCUT2D eigenvalue weighted by molar-refractivity contribution is 5.67. The van der Waals surface area contributed by atoms with Gasteiger partial charge in [-0.05, 0) is 30.2 Å². The molecule has 1 aliphatic rings. The summed E-state index contributed by atoms with van der Waals surface area (Å²) < 4.78 is 49.4. The monoisotopic (exact) mass is 436 g/mol. The van der Waals surface area contributed by atoms with Gasteiger partial charge in [0.25, 0.3) is 0 Å². The highest BCUT2D eigenvalue weighted by atomic mass is 19.4. The molecule has 0 bridgehead atoms. The molecule has 0 N–H and O–H groups in total. The van der Waals surface area contributed by atoms with Crippen LogP contribution in [0.1, 0.15) is 29.7 Å². The van der Waals surface area contributed by atoms with Crippen molar-refractivity contribution < 1.29 is 27.4 Å². The standard InChI is InChI=1S/C23H27F3N2O3/c1-17-14-27(22(29)31-15-18-6-4-3-5-7-18)12-13-28(17)21(16-30-2)19-8-10-20(11-9-19)23(24,25)26/h3-11,17,21H,12-16H2,1-2H3/t17-,21-/m0/s1. The molecule has 1 fully saturated rings. The number of ether oxygens (including phenoxy) is 2. The first-order chi connectivity index (χ1) is 14.8. The minimum Gasteiger partial charge on any atom is -0.445 e. The summed E-state index contributed by atoms with van der Waals surface area (Å²) in [7, 11) is 1.57. The van der Waals surface area contributed by atoms with Crippen molar-refractivity contribution in [2.24, 2.45) is 0 Å². The summed E-state index contributed by atoms with van der Waals surface area (Å²) in [5, 5.41) is 0. The van der Waals surface area contributed by atoms with Crippen LogP contribution in [-0.4, -0.2) is 55.3 Å². The van der Waals surface area contributed by atoms with Crippen LogP contribution >= 0.6 is 0 Å². The van der Waals surface area contributed by atoms with E-state index >= 15 is 0 Å². The molecular weight excluding hydrogens is 409 g/mol. The number of amides is 1. The number of methoxy groups -OCH3 is 1. The van der Waals surface area contributed by atoms with Gasteiger partial charge < -0.3 is 14.4 Å². The molecule has 1 amide bonds. The average molecular weight is 436 g/mol. The molecule has 1 aliphatic heterocycles. The quantitative estimate of drug-likeness (QED) is 0.656. The fraction of sp³-hybridized carbons (Fsp3) is 0.435. The van der Waals surface area contributed by atoms with E-state index in [0.29, 0.717) is 26.2 Å². The largest absolute Gasteiger partial charge is 0.445 e. The number of rotatable bonds is 6. The van der Waals surface area contributed by atoms with Crippen molar-refractivity contribution in [1.29, 1.82) is 0 Å². The van der Waals surface area contributed by atoms with E-state index in [0.717, 1.165) is 23.3 Å². The van der Waals surface area contributed by atoms with Gasteiger partial charge in [-0.15, -0.1) is 0 Å². The van der Waals surface area contributed by atoms with E-state index in [1.165, 1.54) is 12.1 Å². The van der Waals surface area contributed by atoms with Crippen molar-refractivity contribution in [3.05, 3.63) is 71.3 Å². The van der Waals surface area contributed by atoms with E-state index in [4.69, 9.17) is 9.47 Å². The molecule has 0 spiro atoms. The third-order valence-corrected chi connectivity index (χ3v) is 5.49. The molecule has 0 saturated carbocycles. The molecule has 2 atom stereocenters. The molecule has 0 radical (unpaired) electrons. The molecule has 1 heterocycles. The maximum Gasteiger partial charge on any atom is 0.416 e. The summed E-state index contributed by atoms with van der Waals surface area (Å²) in [5.74, 6) is 0. The van der Waals surface area contributed by atoms with E-state index < -0.39 is 11.7 Å². The number of carbonyl (C=O) groups excluding carboxylic acids is 1. The second kappa shape index (κ2) is 10.2. The molecule has 5 nitrogen and oxygen atoms in total. The van der Waals surface area contributed by atoms with Crippen LogP contribution in [0.3, 0.4) is 0 Å². The van der Waals surface area contributed by atoms with Crippen molar-refractivity contribution in [2.75, 3.05) is 33.4 Å². The third kappa shape index (κ3) is 5.98. The fourth-order valence-electron chi connectivity index (χ4n) is 3.85. The van der Waals surface area contributed by atoms with Crippen molar-refractivity contribution in [2.45, 2.75) is 31.8 Å². The highest BCUT2D eigenvalue weighted by Crippen LogP contribution is 2.32. The van der Waals surface area contributed by atoms with Gasteiger partial charge in [0, 0.05) is 32.8 Å². The fourth-order valence-corrected chi connectivity index (χ4v) is 3.85. The van der Waals surface area contributed by atoms with Crippen LogP contribution in [0, 0.1) is 0 Å². The van der Waals surface area contributed by atoms with Crippen molar-refractivity contribution >= 4 is 6.09 Å². The smallest absolute Gasteiger partial charge is 0.416 e. The number of hydrogen-bond acceptors (Lipinski definition) is 4. The Kier molecular flexibility index (Phi) is 7.56. The lowest BCUT2D eigenvalue weighted by molar-refractivity contribution is -0.137. The first-order valence-electron chi connectivity index (χ1n) is 10.2. The van der Waals surface area contributed by atoms with Crippen LogP contribution in [0.5, 0.6) is 0 Å². The minimum absolute atomic E-state index is 0.0135. The minimum atomic E-state index is -4.37. The predicted molar refractivity (Wildman–Crippen MR) is 110 cm³/mol. The highest BCUT2D eigenvalue weighted by Gasteiger charge is 2.34. The van der Waals surface area contributed by atoms with Crippen LogP contribution in [0.25, 0.3) is 0 Å². The van der Waals surface area contributed by atoms with Crippen LogP contribution in [-0.2, 0) is 22.3 Å². The van der Waals surface area contributed by atoms with E-state index in [1.54, 1.807) is 12.0 Å². The summed E-state index contributed by atoms with van der Waals surface area (Å²) in [4.78, 5) is 16.3. The van der Waals surface area contributed by atoms with E-state index in [-0.39, 0.29) is 24.8 Å². The Morgan fingerprint density at radius 2 is 1.77 bits per heavy atom. The number of piperazine rings is 1. The summed E-state index contributed by atoms with van der Waals surface area (Å²) in [6.07, 6.45) is -4.73.